The molecule has 1 spiro atoms. The molecule has 4 rings (SSSR count). The van der Waals surface area contributed by atoms with Gasteiger partial charge in [0, 0.05) is 17.7 Å². The van der Waals surface area contributed by atoms with Crippen LogP contribution >= 0.6 is 0 Å². The van der Waals surface area contributed by atoms with Crippen molar-refractivity contribution >= 4 is 5.78 Å². The van der Waals surface area contributed by atoms with Crippen LogP contribution in [0.15, 0.2) is 18.2 Å². The Bertz CT molecular complexity index is 934. The Hall–Kier alpha value is -3.09. The van der Waals surface area contributed by atoms with E-state index in [0.717, 1.165) is 0 Å². The summed E-state index contributed by atoms with van der Waals surface area (Å²) < 4.78 is 21.4. The minimum absolute atomic E-state index is 0.0370. The molecule has 7 nitrogen and oxygen atoms in total. The molecule has 136 valence electrons. The molecule has 0 saturated heterocycles. The molecule has 0 bridgehead atoms. The Morgan fingerprint density at radius 3 is 2.50 bits per heavy atom. The maximum absolute atomic E-state index is 13.2. The molecule has 26 heavy (non-hydrogen) atoms. The van der Waals surface area contributed by atoms with Crippen molar-refractivity contribution in [1.29, 1.82) is 0 Å². The van der Waals surface area contributed by atoms with Crippen molar-refractivity contribution in [3.8, 4) is 34.5 Å². The number of phenols is 2. The van der Waals surface area contributed by atoms with E-state index >= 15 is 0 Å². The second-order valence-corrected chi connectivity index (χ2v) is 6.38. The highest BCUT2D eigenvalue weighted by Gasteiger charge is 2.55. The molecule has 7 heteroatoms. The Balaban J connectivity index is 1.84. The highest BCUT2D eigenvalue weighted by Crippen LogP contribution is 2.56. The molecule has 1 atom stereocenters. The molecule has 2 aromatic carbocycles. The van der Waals surface area contributed by atoms with Gasteiger partial charge in [-0.25, -0.2) is 0 Å². The maximum Gasteiger partial charge on any atom is 0.203 e. The lowest BCUT2D eigenvalue weighted by atomic mass is 9.59. The highest BCUT2D eigenvalue weighted by molar-refractivity contribution is 6.11. The maximum atomic E-state index is 13.2. The molecule has 2 aliphatic rings. The zero-order valence-electron chi connectivity index (χ0n) is 14.6. The van der Waals surface area contributed by atoms with Crippen molar-refractivity contribution < 1.29 is 34.0 Å². The topological polar surface area (TPSA) is 94.5 Å². The number of benzene rings is 2. The molecule has 0 aromatic heterocycles. The van der Waals surface area contributed by atoms with Crippen LogP contribution in [0.2, 0.25) is 0 Å². The van der Waals surface area contributed by atoms with Gasteiger partial charge < -0.3 is 29.2 Å². The molecule has 1 aliphatic heterocycles. The minimum Gasteiger partial charge on any atom is -0.507 e. The second kappa shape index (κ2) is 5.45. The van der Waals surface area contributed by atoms with Crippen LogP contribution in [0.5, 0.6) is 34.5 Å². The van der Waals surface area contributed by atoms with Crippen LogP contribution in [0.25, 0.3) is 0 Å². The Labute approximate surface area is 149 Å². The summed E-state index contributed by atoms with van der Waals surface area (Å²) in [5.41, 5.74) is 0.400. The Morgan fingerprint density at radius 1 is 1.08 bits per heavy atom. The number of methoxy groups -OCH3 is 3. The van der Waals surface area contributed by atoms with Crippen LogP contribution in [0.1, 0.15) is 21.5 Å². The van der Waals surface area contributed by atoms with Gasteiger partial charge in [-0.1, -0.05) is 0 Å². The molecule has 2 aromatic rings. The van der Waals surface area contributed by atoms with Gasteiger partial charge in [0.05, 0.1) is 26.7 Å². The van der Waals surface area contributed by atoms with Crippen molar-refractivity contribution in [1.82, 2.24) is 0 Å². The van der Waals surface area contributed by atoms with Crippen molar-refractivity contribution in [3.63, 3.8) is 0 Å². The molecule has 1 heterocycles. The van der Waals surface area contributed by atoms with E-state index in [2.05, 4.69) is 0 Å². The number of rotatable bonds is 3. The zero-order valence-corrected chi connectivity index (χ0v) is 14.6. The van der Waals surface area contributed by atoms with Crippen molar-refractivity contribution in [2.45, 2.75) is 11.8 Å². The SMILES string of the molecule is COc1cc(O)c2c(c1)OC[C@]1(Cc3c1cc(OC)c(OC)c3O)C2=O. The predicted octanol–water partition coefficient (Wildman–Crippen LogP) is 2.19. The van der Waals surface area contributed by atoms with Crippen molar-refractivity contribution in [3.05, 3.63) is 34.9 Å². The van der Waals surface area contributed by atoms with E-state index in [4.69, 9.17) is 18.9 Å². The van der Waals surface area contributed by atoms with Gasteiger partial charge in [0.1, 0.15) is 29.4 Å². The number of hydrogen-bond acceptors (Lipinski definition) is 7. The number of fused-ring (bicyclic) bond motifs is 3. The van der Waals surface area contributed by atoms with Gasteiger partial charge in [0.25, 0.3) is 0 Å². The van der Waals surface area contributed by atoms with Gasteiger partial charge in [0.2, 0.25) is 5.75 Å². The smallest absolute Gasteiger partial charge is 0.203 e. The van der Waals surface area contributed by atoms with E-state index in [9.17, 15) is 15.0 Å². The number of hydrogen-bond donors (Lipinski definition) is 2. The summed E-state index contributed by atoms with van der Waals surface area (Å²) in [5.74, 6) is 0.780. The van der Waals surface area contributed by atoms with Crippen LogP contribution in [-0.4, -0.2) is 43.9 Å². The van der Waals surface area contributed by atoms with E-state index in [1.807, 2.05) is 0 Å². The summed E-state index contributed by atoms with van der Waals surface area (Å²) in [6.45, 7) is 0.105. The first-order valence-corrected chi connectivity index (χ1v) is 8.02. The van der Waals surface area contributed by atoms with Crippen LogP contribution < -0.4 is 18.9 Å². The first kappa shape index (κ1) is 16.4. The average Bonchev–Trinajstić information content (AvgIpc) is 2.62. The Kier molecular flexibility index (Phi) is 3.44. The fourth-order valence-electron chi connectivity index (χ4n) is 3.78. The molecular formula is C19H18O7. The summed E-state index contributed by atoms with van der Waals surface area (Å²) in [4.78, 5) is 13.2. The zero-order chi connectivity index (χ0) is 18.6. The highest BCUT2D eigenvalue weighted by atomic mass is 16.5. The molecule has 0 radical (unpaired) electrons. The molecule has 0 unspecified atom stereocenters. The predicted molar refractivity (Wildman–Crippen MR) is 91.1 cm³/mol. The summed E-state index contributed by atoms with van der Waals surface area (Å²) >= 11 is 0. The number of phenolic OH excluding ortho intramolecular Hbond substituents is 2. The molecule has 0 fully saturated rings. The number of aromatic hydroxyl groups is 2. The third-order valence-corrected chi connectivity index (χ3v) is 5.17. The lowest BCUT2D eigenvalue weighted by Crippen LogP contribution is -2.53. The number of carbonyl (C=O) groups excluding carboxylic acids is 1. The minimum atomic E-state index is -0.967. The van der Waals surface area contributed by atoms with Crippen LogP contribution in [0.4, 0.5) is 0 Å². The normalized spacial score (nSPS) is 19.9. The number of Topliss-reactive ketones (excluding diaryl/α,β-unsaturated/α-hetero) is 1. The van der Waals surface area contributed by atoms with Gasteiger partial charge in [-0.3, -0.25) is 4.79 Å². The Morgan fingerprint density at radius 2 is 1.85 bits per heavy atom. The monoisotopic (exact) mass is 358 g/mol. The fourth-order valence-corrected chi connectivity index (χ4v) is 3.78. The lowest BCUT2D eigenvalue weighted by Gasteiger charge is -2.45. The second-order valence-electron chi connectivity index (χ2n) is 6.38. The first-order chi connectivity index (χ1) is 12.5. The molecule has 0 amide bonds. The summed E-state index contributed by atoms with van der Waals surface area (Å²) in [5, 5.41) is 20.7. The standard InChI is InChI=1S/C19H18O7/c1-23-9-4-12(20)15-13(5-9)26-8-19(18(15)22)7-10-11(19)6-14(24-2)17(25-3)16(10)21/h4-6,20-21H,7-8H2,1-3H3/t19-/m0/s1. The molecule has 2 N–H and O–H groups in total. The van der Waals surface area contributed by atoms with E-state index in [-0.39, 0.29) is 47.4 Å². The van der Waals surface area contributed by atoms with Gasteiger partial charge >= 0.3 is 0 Å². The summed E-state index contributed by atoms with van der Waals surface area (Å²) in [7, 11) is 4.37. The van der Waals surface area contributed by atoms with Crippen molar-refractivity contribution in [2.75, 3.05) is 27.9 Å². The molecule has 0 saturated carbocycles. The number of ether oxygens (including phenoxy) is 4. The fraction of sp³-hybridized carbons (Fsp3) is 0.316. The van der Waals surface area contributed by atoms with Gasteiger partial charge in [-0.2, -0.15) is 0 Å². The van der Waals surface area contributed by atoms with E-state index < -0.39 is 5.41 Å². The van der Waals surface area contributed by atoms with Gasteiger partial charge in [-0.15, -0.1) is 0 Å². The van der Waals surface area contributed by atoms with Crippen molar-refractivity contribution in [2.24, 2.45) is 0 Å². The number of carbonyl (C=O) groups is 1. The summed E-state index contributed by atoms with van der Waals surface area (Å²) in [6.07, 6.45) is 0.290. The third-order valence-electron chi connectivity index (χ3n) is 5.17. The van der Waals surface area contributed by atoms with Gasteiger partial charge in [-0.05, 0) is 18.1 Å². The van der Waals surface area contributed by atoms with E-state index in [0.29, 0.717) is 22.6 Å². The van der Waals surface area contributed by atoms with Gasteiger partial charge in [0.15, 0.2) is 17.3 Å². The van der Waals surface area contributed by atoms with E-state index in [1.165, 1.54) is 27.4 Å². The average molecular weight is 358 g/mol. The first-order valence-electron chi connectivity index (χ1n) is 8.02. The van der Waals surface area contributed by atoms with Crippen LogP contribution in [0.3, 0.4) is 0 Å². The molecular weight excluding hydrogens is 340 g/mol. The third kappa shape index (κ3) is 1.91. The van der Waals surface area contributed by atoms with E-state index in [1.54, 1.807) is 12.1 Å². The summed E-state index contributed by atoms with van der Waals surface area (Å²) in [6, 6.07) is 4.64. The van der Waals surface area contributed by atoms with Crippen LogP contribution in [0, 0.1) is 0 Å². The lowest BCUT2D eigenvalue weighted by molar-refractivity contribution is 0.0720. The number of ketones is 1. The largest absolute Gasteiger partial charge is 0.507 e. The quantitative estimate of drug-likeness (QED) is 0.868. The van der Waals surface area contributed by atoms with Crippen LogP contribution in [-0.2, 0) is 11.8 Å². The molecule has 1 aliphatic carbocycles.